The Morgan fingerprint density at radius 3 is 2.67 bits per heavy atom. The number of hydrogen-bond acceptors (Lipinski definition) is 6. The van der Waals surface area contributed by atoms with Crippen LogP contribution in [0.1, 0.15) is 11.1 Å². The van der Waals surface area contributed by atoms with Gasteiger partial charge in [0.25, 0.3) is 11.6 Å². The molecule has 0 aliphatic rings. The van der Waals surface area contributed by atoms with Crippen LogP contribution in [-0.4, -0.2) is 29.2 Å². The number of amides is 1. The van der Waals surface area contributed by atoms with E-state index in [1.165, 1.54) is 30.8 Å². The molecule has 0 fully saturated rings. The molecule has 0 aromatic heterocycles. The minimum absolute atomic E-state index is 0.0750. The average Bonchev–Trinajstić information content (AvgIpc) is 2.60. The Morgan fingerprint density at radius 2 is 2.00 bits per heavy atom. The number of hydrogen-bond donors (Lipinski definition) is 1. The standard InChI is InChI=1S/C18H17BrN2O5S/c1-11-8-13(19)6-7-16(11)27-10-18(23)26-9-17(22)20-14-4-3-5-15(12(14)2)21(24)25/h3-8H,9-10H2,1-2H3,(H,20,22). The molecule has 0 saturated heterocycles. The van der Waals surface area contributed by atoms with Gasteiger partial charge < -0.3 is 10.1 Å². The van der Waals surface area contributed by atoms with Gasteiger partial charge in [0.15, 0.2) is 6.61 Å². The molecule has 0 saturated carbocycles. The summed E-state index contributed by atoms with van der Waals surface area (Å²) in [7, 11) is 0. The van der Waals surface area contributed by atoms with E-state index in [9.17, 15) is 19.7 Å². The van der Waals surface area contributed by atoms with E-state index in [4.69, 9.17) is 4.74 Å². The number of aryl methyl sites for hydroxylation is 1. The fourth-order valence-corrected chi connectivity index (χ4v) is 3.53. The second-order valence-corrected chi connectivity index (χ2v) is 7.55. The highest BCUT2D eigenvalue weighted by Gasteiger charge is 2.15. The maximum absolute atomic E-state index is 11.9. The number of carbonyl (C=O) groups is 2. The summed E-state index contributed by atoms with van der Waals surface area (Å²) in [6, 6.07) is 10.1. The Morgan fingerprint density at radius 1 is 1.26 bits per heavy atom. The third kappa shape index (κ3) is 6.07. The van der Waals surface area contributed by atoms with Gasteiger partial charge in [-0.1, -0.05) is 22.0 Å². The van der Waals surface area contributed by atoms with Crippen LogP contribution >= 0.6 is 27.7 Å². The van der Waals surface area contributed by atoms with Gasteiger partial charge >= 0.3 is 5.97 Å². The van der Waals surface area contributed by atoms with E-state index in [0.717, 1.165) is 14.9 Å². The number of nitro benzene ring substituents is 1. The molecule has 0 aliphatic heterocycles. The SMILES string of the molecule is Cc1cc(Br)ccc1SCC(=O)OCC(=O)Nc1cccc([N+](=O)[O-])c1C. The molecule has 0 heterocycles. The fourth-order valence-electron chi connectivity index (χ4n) is 2.24. The fraction of sp³-hybridized carbons (Fsp3) is 0.222. The number of carbonyl (C=O) groups excluding carboxylic acids is 2. The molecule has 27 heavy (non-hydrogen) atoms. The largest absolute Gasteiger partial charge is 0.455 e. The van der Waals surface area contributed by atoms with Crippen molar-refractivity contribution in [3.05, 3.63) is 62.1 Å². The van der Waals surface area contributed by atoms with Crippen molar-refractivity contribution < 1.29 is 19.2 Å². The second-order valence-electron chi connectivity index (χ2n) is 5.61. The lowest BCUT2D eigenvalue weighted by atomic mass is 10.1. The predicted octanol–water partition coefficient (Wildman–Crippen LogP) is 4.25. The van der Waals surface area contributed by atoms with Crippen molar-refractivity contribution in [2.75, 3.05) is 17.7 Å². The van der Waals surface area contributed by atoms with E-state index in [0.29, 0.717) is 11.3 Å². The molecule has 1 N–H and O–H groups in total. The minimum Gasteiger partial charge on any atom is -0.455 e. The second kappa shape index (κ2) is 9.52. The molecule has 0 atom stereocenters. The number of rotatable bonds is 7. The molecule has 2 rings (SSSR count). The van der Waals surface area contributed by atoms with E-state index in [1.807, 2.05) is 25.1 Å². The Bertz CT molecular complexity index is 888. The van der Waals surface area contributed by atoms with Crippen LogP contribution in [0.4, 0.5) is 11.4 Å². The van der Waals surface area contributed by atoms with Crippen LogP contribution in [-0.2, 0) is 14.3 Å². The van der Waals surface area contributed by atoms with Crippen LogP contribution in [0.2, 0.25) is 0 Å². The highest BCUT2D eigenvalue weighted by molar-refractivity contribution is 9.10. The number of anilines is 1. The monoisotopic (exact) mass is 452 g/mol. The molecule has 2 aromatic carbocycles. The van der Waals surface area contributed by atoms with Crippen molar-refractivity contribution in [3.63, 3.8) is 0 Å². The maximum Gasteiger partial charge on any atom is 0.316 e. The number of esters is 1. The van der Waals surface area contributed by atoms with Gasteiger partial charge in [-0.25, -0.2) is 0 Å². The zero-order valence-electron chi connectivity index (χ0n) is 14.7. The first-order valence-corrected chi connectivity index (χ1v) is 9.64. The van der Waals surface area contributed by atoms with Gasteiger partial charge in [0, 0.05) is 15.4 Å². The lowest BCUT2D eigenvalue weighted by Gasteiger charge is -2.09. The van der Waals surface area contributed by atoms with Crippen LogP contribution in [0, 0.1) is 24.0 Å². The lowest BCUT2D eigenvalue weighted by molar-refractivity contribution is -0.385. The summed E-state index contributed by atoms with van der Waals surface area (Å²) in [5.41, 5.74) is 1.58. The molecule has 7 nitrogen and oxygen atoms in total. The topological polar surface area (TPSA) is 98.5 Å². The number of nitrogens with zero attached hydrogens (tertiary/aromatic N) is 1. The first-order chi connectivity index (χ1) is 12.8. The third-order valence-electron chi connectivity index (χ3n) is 3.62. The van der Waals surface area contributed by atoms with Crippen LogP contribution < -0.4 is 5.32 Å². The van der Waals surface area contributed by atoms with Crippen molar-refractivity contribution in [2.45, 2.75) is 18.7 Å². The lowest BCUT2D eigenvalue weighted by Crippen LogP contribution is -2.22. The smallest absolute Gasteiger partial charge is 0.316 e. The van der Waals surface area contributed by atoms with E-state index in [-0.39, 0.29) is 11.4 Å². The van der Waals surface area contributed by atoms with Gasteiger partial charge in [-0.2, -0.15) is 0 Å². The number of nitro groups is 1. The summed E-state index contributed by atoms with van der Waals surface area (Å²) in [5.74, 6) is -1.00. The highest BCUT2D eigenvalue weighted by atomic mass is 79.9. The van der Waals surface area contributed by atoms with Crippen LogP contribution in [0.5, 0.6) is 0 Å². The Kier molecular flexibility index (Phi) is 7.37. The molecular formula is C18H17BrN2O5S. The Balaban J connectivity index is 1.84. The van der Waals surface area contributed by atoms with Gasteiger partial charge in [0.05, 0.1) is 21.9 Å². The van der Waals surface area contributed by atoms with E-state index < -0.39 is 23.4 Å². The zero-order valence-corrected chi connectivity index (χ0v) is 17.1. The number of halogens is 1. The minimum atomic E-state index is -0.559. The summed E-state index contributed by atoms with van der Waals surface area (Å²) in [6.45, 7) is 3.02. The quantitative estimate of drug-likeness (QED) is 0.291. The van der Waals surface area contributed by atoms with Crippen molar-refractivity contribution in [1.29, 1.82) is 0 Å². The van der Waals surface area contributed by atoms with Crippen LogP contribution in [0.25, 0.3) is 0 Å². The predicted molar refractivity (Wildman–Crippen MR) is 107 cm³/mol. The van der Waals surface area contributed by atoms with Gasteiger partial charge in [-0.3, -0.25) is 19.7 Å². The normalized spacial score (nSPS) is 10.3. The van der Waals surface area contributed by atoms with E-state index in [1.54, 1.807) is 6.07 Å². The molecular weight excluding hydrogens is 436 g/mol. The summed E-state index contributed by atoms with van der Waals surface area (Å²) in [5, 5.41) is 13.4. The molecule has 0 aliphatic carbocycles. The van der Waals surface area contributed by atoms with Crippen LogP contribution in [0.3, 0.4) is 0 Å². The van der Waals surface area contributed by atoms with E-state index in [2.05, 4.69) is 21.2 Å². The molecule has 0 spiro atoms. The Hall–Kier alpha value is -2.39. The molecule has 2 aromatic rings. The molecule has 1 amide bonds. The van der Waals surface area contributed by atoms with Crippen molar-refractivity contribution in [1.82, 2.24) is 0 Å². The average molecular weight is 453 g/mol. The highest BCUT2D eigenvalue weighted by Crippen LogP contribution is 2.26. The number of thioether (sulfide) groups is 1. The maximum atomic E-state index is 11.9. The summed E-state index contributed by atoms with van der Waals surface area (Å²) in [4.78, 5) is 35.1. The summed E-state index contributed by atoms with van der Waals surface area (Å²) >= 11 is 4.70. The molecule has 0 bridgehead atoms. The molecule has 142 valence electrons. The Labute approximate surface area is 168 Å². The summed E-state index contributed by atoms with van der Waals surface area (Å²) in [6.07, 6.45) is 0. The number of ether oxygens (including phenoxy) is 1. The van der Waals surface area contributed by atoms with Crippen molar-refractivity contribution in [3.8, 4) is 0 Å². The summed E-state index contributed by atoms with van der Waals surface area (Å²) < 4.78 is 5.92. The molecule has 0 radical (unpaired) electrons. The van der Waals surface area contributed by atoms with Crippen molar-refractivity contribution in [2.24, 2.45) is 0 Å². The number of nitrogens with one attached hydrogen (secondary N) is 1. The zero-order chi connectivity index (χ0) is 20.0. The van der Waals surface area contributed by atoms with Gasteiger partial charge in [-0.15, -0.1) is 11.8 Å². The van der Waals surface area contributed by atoms with Gasteiger partial charge in [0.2, 0.25) is 0 Å². The number of benzene rings is 2. The third-order valence-corrected chi connectivity index (χ3v) is 5.27. The van der Waals surface area contributed by atoms with Crippen LogP contribution in [0.15, 0.2) is 45.8 Å². The first kappa shape index (κ1) is 20.9. The molecule has 9 heteroatoms. The van der Waals surface area contributed by atoms with Crippen molar-refractivity contribution >= 4 is 50.9 Å². The van der Waals surface area contributed by atoms with Gasteiger partial charge in [0.1, 0.15) is 0 Å². The van der Waals surface area contributed by atoms with E-state index >= 15 is 0 Å². The molecule has 0 unspecified atom stereocenters. The van der Waals surface area contributed by atoms with Gasteiger partial charge in [-0.05, 0) is 43.7 Å². The first-order valence-electron chi connectivity index (χ1n) is 7.86.